The molecule has 1 aliphatic rings. The molecule has 5 heteroatoms. The fourth-order valence-corrected chi connectivity index (χ4v) is 5.96. The molecule has 0 heterocycles. The number of carbonyl (C=O) groups is 2. The maximum Gasteiger partial charge on any atom is 0.243 e. The zero-order valence-corrected chi connectivity index (χ0v) is 23.5. The van der Waals surface area contributed by atoms with Crippen molar-refractivity contribution < 1.29 is 9.59 Å². The van der Waals surface area contributed by atoms with E-state index in [4.69, 9.17) is 0 Å². The molecule has 0 radical (unpaired) electrons. The van der Waals surface area contributed by atoms with Crippen molar-refractivity contribution in [3.63, 3.8) is 0 Å². The fourth-order valence-electron chi connectivity index (χ4n) is 5.09. The molecule has 2 amide bonds. The Morgan fingerprint density at radius 2 is 1.55 bits per heavy atom. The quantitative estimate of drug-likeness (QED) is 0.304. The van der Waals surface area contributed by atoms with Crippen LogP contribution in [0.15, 0.2) is 78.9 Å². The molecule has 0 saturated heterocycles. The predicted molar refractivity (Wildman–Crippen MR) is 158 cm³/mol. The average molecular weight is 529 g/mol. The van der Waals surface area contributed by atoms with Crippen LogP contribution in [0.1, 0.15) is 59.9 Å². The predicted octanol–water partition coefficient (Wildman–Crippen LogP) is 6.63. The Morgan fingerprint density at radius 3 is 2.26 bits per heavy atom. The number of nitrogens with one attached hydrogen (secondary N) is 1. The van der Waals surface area contributed by atoms with Crippen molar-refractivity contribution in [1.82, 2.24) is 10.2 Å². The summed E-state index contributed by atoms with van der Waals surface area (Å²) in [5.74, 6) is 1.07. The van der Waals surface area contributed by atoms with E-state index in [1.165, 1.54) is 17.5 Å². The highest BCUT2D eigenvalue weighted by atomic mass is 32.2. The van der Waals surface area contributed by atoms with Gasteiger partial charge in [0, 0.05) is 24.8 Å². The van der Waals surface area contributed by atoms with E-state index in [2.05, 4.69) is 55.6 Å². The van der Waals surface area contributed by atoms with Crippen LogP contribution in [0, 0.1) is 13.8 Å². The van der Waals surface area contributed by atoms with Gasteiger partial charge in [0.15, 0.2) is 0 Å². The molecule has 200 valence electrons. The van der Waals surface area contributed by atoms with Crippen molar-refractivity contribution in [3.8, 4) is 0 Å². The number of amides is 2. The largest absolute Gasteiger partial charge is 0.352 e. The highest BCUT2D eigenvalue weighted by Gasteiger charge is 2.32. The third-order valence-corrected chi connectivity index (χ3v) is 8.43. The smallest absolute Gasteiger partial charge is 0.243 e. The van der Waals surface area contributed by atoms with Gasteiger partial charge in [-0.25, -0.2) is 0 Å². The van der Waals surface area contributed by atoms with Gasteiger partial charge in [0.05, 0.1) is 5.75 Å². The number of nitrogens with zero attached hydrogens (tertiary/aromatic N) is 1. The lowest BCUT2D eigenvalue weighted by Crippen LogP contribution is -2.53. The molecule has 1 N–H and O–H groups in total. The van der Waals surface area contributed by atoms with Crippen LogP contribution in [0.25, 0.3) is 0 Å². The van der Waals surface area contributed by atoms with Crippen LogP contribution >= 0.6 is 11.8 Å². The number of rotatable bonds is 11. The molecular formula is C33H40N2O2S. The van der Waals surface area contributed by atoms with Gasteiger partial charge in [-0.15, -0.1) is 11.8 Å². The minimum atomic E-state index is -0.564. The Labute approximate surface area is 232 Å². The van der Waals surface area contributed by atoms with Crippen molar-refractivity contribution in [3.05, 3.63) is 107 Å². The lowest BCUT2D eigenvalue weighted by atomic mass is 9.94. The molecule has 1 atom stereocenters. The molecule has 4 rings (SSSR count). The van der Waals surface area contributed by atoms with E-state index in [0.717, 1.165) is 48.1 Å². The molecule has 0 bridgehead atoms. The normalized spacial score (nSPS) is 14.6. The summed E-state index contributed by atoms with van der Waals surface area (Å²) in [6, 6.07) is 26.3. The number of hydrogen-bond donors (Lipinski definition) is 1. The molecular weight excluding hydrogens is 488 g/mol. The van der Waals surface area contributed by atoms with Gasteiger partial charge >= 0.3 is 0 Å². The van der Waals surface area contributed by atoms with Crippen molar-refractivity contribution in [2.45, 2.75) is 76.8 Å². The molecule has 0 spiro atoms. The minimum absolute atomic E-state index is 0.00471. The van der Waals surface area contributed by atoms with Crippen LogP contribution in [-0.2, 0) is 28.3 Å². The Kier molecular flexibility index (Phi) is 10.5. The second-order valence-corrected chi connectivity index (χ2v) is 11.5. The van der Waals surface area contributed by atoms with Gasteiger partial charge in [-0.1, -0.05) is 104 Å². The molecule has 1 fully saturated rings. The molecule has 1 aliphatic carbocycles. The second-order valence-electron chi connectivity index (χ2n) is 10.5. The molecule has 3 aromatic carbocycles. The molecule has 38 heavy (non-hydrogen) atoms. The van der Waals surface area contributed by atoms with Gasteiger partial charge in [-0.3, -0.25) is 9.59 Å². The van der Waals surface area contributed by atoms with E-state index >= 15 is 0 Å². The zero-order chi connectivity index (χ0) is 26.7. The summed E-state index contributed by atoms with van der Waals surface area (Å²) in [7, 11) is 0. The molecule has 4 nitrogen and oxygen atoms in total. The van der Waals surface area contributed by atoms with Crippen LogP contribution in [-0.4, -0.2) is 34.6 Å². The van der Waals surface area contributed by atoms with E-state index in [0.29, 0.717) is 18.7 Å². The first-order chi connectivity index (χ1) is 18.5. The zero-order valence-electron chi connectivity index (χ0n) is 22.7. The van der Waals surface area contributed by atoms with Gasteiger partial charge < -0.3 is 10.2 Å². The minimum Gasteiger partial charge on any atom is -0.352 e. The summed E-state index contributed by atoms with van der Waals surface area (Å²) in [4.78, 5) is 29.5. The molecule has 0 aliphatic heterocycles. The van der Waals surface area contributed by atoms with Crippen molar-refractivity contribution in [2.75, 3.05) is 5.75 Å². The van der Waals surface area contributed by atoms with E-state index < -0.39 is 6.04 Å². The first-order valence-electron chi connectivity index (χ1n) is 13.8. The average Bonchev–Trinajstić information content (AvgIpc) is 2.93. The number of hydrogen-bond acceptors (Lipinski definition) is 3. The van der Waals surface area contributed by atoms with Crippen LogP contribution in [0.4, 0.5) is 0 Å². The van der Waals surface area contributed by atoms with Gasteiger partial charge in [0.25, 0.3) is 0 Å². The number of aryl methyl sites for hydroxylation is 2. The monoisotopic (exact) mass is 528 g/mol. The lowest BCUT2D eigenvalue weighted by Gasteiger charge is -2.34. The molecule has 3 aromatic rings. The second kappa shape index (κ2) is 14.2. The van der Waals surface area contributed by atoms with Gasteiger partial charge in [0.1, 0.15) is 6.04 Å². The summed E-state index contributed by atoms with van der Waals surface area (Å²) in [6.07, 6.45) is 6.06. The third-order valence-electron chi connectivity index (χ3n) is 7.44. The van der Waals surface area contributed by atoms with Crippen LogP contribution in [0.2, 0.25) is 0 Å². The third kappa shape index (κ3) is 8.22. The highest BCUT2D eigenvalue weighted by Crippen LogP contribution is 2.22. The Balaban J connectivity index is 1.56. The molecule has 1 saturated carbocycles. The standard InChI is InChI=1S/C33H40N2O2S/c1-25-17-19-28(20-18-25)23-38-24-32(36)35(22-29-14-10-9-11-26(29)2)31(21-27-12-5-3-6-13-27)33(37)34-30-15-7-4-8-16-30/h3,5-6,9-14,17-20,30-31H,4,7-8,15-16,21-24H2,1-2H3,(H,34,37)/t31-/m1/s1. The van der Waals surface area contributed by atoms with E-state index in [1.807, 2.05) is 47.4 Å². The summed E-state index contributed by atoms with van der Waals surface area (Å²) >= 11 is 1.61. The highest BCUT2D eigenvalue weighted by molar-refractivity contribution is 7.99. The maximum atomic E-state index is 13.9. The maximum absolute atomic E-state index is 13.9. The van der Waals surface area contributed by atoms with E-state index in [1.54, 1.807) is 11.8 Å². The van der Waals surface area contributed by atoms with Crippen LogP contribution in [0.3, 0.4) is 0 Å². The van der Waals surface area contributed by atoms with Gasteiger partial charge in [-0.05, 0) is 48.9 Å². The summed E-state index contributed by atoms with van der Waals surface area (Å²) in [5.41, 5.74) is 5.70. The van der Waals surface area contributed by atoms with E-state index in [9.17, 15) is 9.59 Å². The van der Waals surface area contributed by atoms with E-state index in [-0.39, 0.29) is 17.9 Å². The van der Waals surface area contributed by atoms with Gasteiger partial charge in [-0.2, -0.15) is 0 Å². The Hall–Kier alpha value is -3.05. The first-order valence-corrected chi connectivity index (χ1v) is 15.0. The van der Waals surface area contributed by atoms with Crippen LogP contribution in [0.5, 0.6) is 0 Å². The number of carbonyl (C=O) groups excluding carboxylic acids is 2. The van der Waals surface area contributed by atoms with Gasteiger partial charge in [0.2, 0.25) is 11.8 Å². The van der Waals surface area contributed by atoms with Crippen molar-refractivity contribution >= 4 is 23.6 Å². The Bertz CT molecular complexity index is 1170. The topological polar surface area (TPSA) is 49.4 Å². The van der Waals surface area contributed by atoms with Crippen LogP contribution < -0.4 is 5.32 Å². The fraction of sp³-hybridized carbons (Fsp3) is 0.394. The SMILES string of the molecule is Cc1ccc(CSCC(=O)N(Cc2ccccc2C)[C@H](Cc2ccccc2)C(=O)NC2CCCCC2)cc1. The number of benzene rings is 3. The van der Waals surface area contributed by atoms with Crippen molar-refractivity contribution in [1.29, 1.82) is 0 Å². The van der Waals surface area contributed by atoms with Crippen molar-refractivity contribution in [2.24, 2.45) is 0 Å². The number of thioether (sulfide) groups is 1. The lowest BCUT2D eigenvalue weighted by molar-refractivity contribution is -0.139. The summed E-state index contributed by atoms with van der Waals surface area (Å²) < 4.78 is 0. The Morgan fingerprint density at radius 1 is 0.868 bits per heavy atom. The molecule has 0 unspecified atom stereocenters. The first kappa shape index (κ1) is 28.0. The summed E-state index contributed by atoms with van der Waals surface area (Å²) in [6.45, 7) is 4.57. The molecule has 0 aromatic heterocycles. The summed E-state index contributed by atoms with van der Waals surface area (Å²) in [5, 5.41) is 3.32.